The molecular formula is C41H44N2O7-2. The van der Waals surface area contributed by atoms with Crippen molar-refractivity contribution < 1.29 is 34.3 Å². The number of nitrogens with zero attached hydrogens (tertiary/aromatic N) is 2. The number of fused-ring (bicyclic) bond motifs is 6. The van der Waals surface area contributed by atoms with E-state index in [2.05, 4.69) is 58.5 Å². The highest BCUT2D eigenvalue weighted by Crippen LogP contribution is 2.45. The molecule has 262 valence electrons. The number of esters is 1. The second-order valence-corrected chi connectivity index (χ2v) is 12.3. The molecule has 9 nitrogen and oxygen atoms in total. The van der Waals surface area contributed by atoms with Gasteiger partial charge in [-0.2, -0.15) is 0 Å². The molecule has 2 atom stereocenters. The Balaban J connectivity index is 0.000000195. The van der Waals surface area contributed by atoms with E-state index in [1.165, 1.54) is 40.5 Å². The van der Waals surface area contributed by atoms with Crippen LogP contribution in [0.4, 0.5) is 0 Å². The molecule has 0 saturated heterocycles. The molecule has 9 heteroatoms. The van der Waals surface area contributed by atoms with Crippen LogP contribution in [0.5, 0.6) is 0 Å². The van der Waals surface area contributed by atoms with E-state index in [0.717, 1.165) is 24.0 Å². The van der Waals surface area contributed by atoms with E-state index in [0.29, 0.717) is 12.8 Å². The van der Waals surface area contributed by atoms with E-state index >= 15 is 0 Å². The molecule has 0 saturated carbocycles. The van der Waals surface area contributed by atoms with E-state index < -0.39 is 24.2 Å². The number of aliphatic hydroxyl groups excluding tert-OH is 1. The van der Waals surface area contributed by atoms with Crippen LogP contribution in [-0.4, -0.2) is 62.3 Å². The van der Waals surface area contributed by atoms with Gasteiger partial charge in [-0.1, -0.05) is 124 Å². The Labute approximate surface area is 293 Å². The molecule has 0 spiro atoms. The largest absolute Gasteiger partial charge is 0.599 e. The van der Waals surface area contributed by atoms with Gasteiger partial charge in [0, 0.05) is 25.0 Å². The number of rotatable bonds is 12. The zero-order valence-electron chi connectivity index (χ0n) is 28.8. The molecule has 0 aromatic heterocycles. The van der Waals surface area contributed by atoms with Crippen molar-refractivity contribution in [3.63, 3.8) is 0 Å². The van der Waals surface area contributed by atoms with Crippen molar-refractivity contribution >= 4 is 18.1 Å². The van der Waals surface area contributed by atoms with Gasteiger partial charge in [0.2, 0.25) is 0 Å². The first kappa shape index (κ1) is 36.1. The third kappa shape index (κ3) is 8.34. The van der Waals surface area contributed by atoms with Crippen LogP contribution in [0.25, 0.3) is 22.3 Å². The molecular weight excluding hydrogens is 632 g/mol. The summed E-state index contributed by atoms with van der Waals surface area (Å²) in [5, 5.41) is 33.3. The Bertz CT molecular complexity index is 1710. The molecule has 2 aliphatic rings. The first-order chi connectivity index (χ1) is 24.4. The number of aliphatic hydroxyl groups is 1. The van der Waals surface area contributed by atoms with Gasteiger partial charge in [-0.15, -0.1) is 0 Å². The minimum absolute atomic E-state index is 0.0238. The number of aliphatic imine (C=N–C) groups is 2. The summed E-state index contributed by atoms with van der Waals surface area (Å²) in [5.74, 6) is -0.500. The third-order valence-electron chi connectivity index (χ3n) is 9.09. The molecule has 0 aliphatic heterocycles. The number of carbonyl (C=O) groups is 1. The number of hydrogen-bond acceptors (Lipinski definition) is 9. The van der Waals surface area contributed by atoms with E-state index in [1.807, 2.05) is 62.4 Å². The normalized spacial score (nSPS) is 14.7. The van der Waals surface area contributed by atoms with Crippen LogP contribution in [0.3, 0.4) is 0 Å². The summed E-state index contributed by atoms with van der Waals surface area (Å²) in [6.45, 7) is 4.24. The van der Waals surface area contributed by atoms with Crippen molar-refractivity contribution in [1.82, 2.24) is 0 Å². The van der Waals surface area contributed by atoms with E-state index in [9.17, 15) is 20.1 Å². The van der Waals surface area contributed by atoms with Gasteiger partial charge in [0.25, 0.3) is 0 Å². The lowest BCUT2D eigenvalue weighted by Crippen LogP contribution is -2.29. The molecule has 6 rings (SSSR count). The summed E-state index contributed by atoms with van der Waals surface area (Å²) in [4.78, 5) is 19.5. The minimum atomic E-state index is -0.805. The quantitative estimate of drug-likeness (QED) is 0.118. The van der Waals surface area contributed by atoms with Crippen molar-refractivity contribution in [2.75, 3.05) is 26.9 Å². The molecule has 4 aromatic rings. The van der Waals surface area contributed by atoms with Crippen molar-refractivity contribution in [2.45, 2.75) is 63.5 Å². The van der Waals surface area contributed by atoms with Crippen LogP contribution < -0.4 is 10.2 Å². The lowest BCUT2D eigenvalue weighted by molar-refractivity contribution is -0.252. The maximum atomic E-state index is 12.1. The molecule has 50 heavy (non-hydrogen) atoms. The van der Waals surface area contributed by atoms with Crippen LogP contribution in [0, 0.1) is 0 Å². The second-order valence-electron chi connectivity index (χ2n) is 12.3. The number of carbonyl (C=O) groups excluding carboxylic acids is 1. The first-order valence-electron chi connectivity index (χ1n) is 17.2. The molecule has 2 aliphatic carbocycles. The lowest BCUT2D eigenvalue weighted by Gasteiger charge is -2.22. The summed E-state index contributed by atoms with van der Waals surface area (Å²) in [7, 11) is 1.29. The highest BCUT2D eigenvalue weighted by atomic mass is 16.6. The average molecular weight is 677 g/mol. The summed E-state index contributed by atoms with van der Waals surface area (Å²) >= 11 is 0. The summed E-state index contributed by atoms with van der Waals surface area (Å²) < 4.78 is 15.5. The number of hydrogen-bond donors (Lipinski definition) is 1. The molecule has 0 radical (unpaired) electrons. The van der Waals surface area contributed by atoms with Crippen molar-refractivity contribution in [3.8, 4) is 22.3 Å². The fourth-order valence-corrected chi connectivity index (χ4v) is 6.71. The second kappa shape index (κ2) is 17.5. The fourth-order valence-electron chi connectivity index (χ4n) is 6.71. The van der Waals surface area contributed by atoms with Crippen LogP contribution in [0.2, 0.25) is 0 Å². The summed E-state index contributed by atoms with van der Waals surface area (Å²) in [6.07, 6.45) is 1.41. The van der Waals surface area contributed by atoms with E-state index in [1.54, 1.807) is 0 Å². The lowest BCUT2D eigenvalue weighted by atomic mass is 9.98. The predicted molar refractivity (Wildman–Crippen MR) is 191 cm³/mol. The summed E-state index contributed by atoms with van der Waals surface area (Å²) in [5.41, 5.74) is 9.37. The highest BCUT2D eigenvalue weighted by molar-refractivity contribution is 5.81. The van der Waals surface area contributed by atoms with Gasteiger partial charge in [0.05, 0.1) is 19.8 Å². The zero-order chi connectivity index (χ0) is 35.5. The summed E-state index contributed by atoms with van der Waals surface area (Å²) in [6, 6.07) is 31.5. The van der Waals surface area contributed by atoms with E-state index in [4.69, 9.17) is 14.2 Å². The van der Waals surface area contributed by atoms with Crippen LogP contribution in [0.15, 0.2) is 107 Å². The van der Waals surface area contributed by atoms with Crippen LogP contribution >= 0.6 is 0 Å². The average Bonchev–Trinajstić information content (AvgIpc) is 3.65. The fraction of sp³-hybridized carbons (Fsp3) is 0.341. The molecule has 2 unspecified atom stereocenters. The smallest absolute Gasteiger partial charge is 0.330 e. The Morgan fingerprint density at radius 3 is 1.40 bits per heavy atom. The van der Waals surface area contributed by atoms with Gasteiger partial charge in [-0.05, 0) is 57.3 Å². The Hall–Kier alpha value is -5.15. The number of methoxy groups -OCH3 is 1. The topological polar surface area (TPSA) is 136 Å². The van der Waals surface area contributed by atoms with Crippen molar-refractivity contribution in [1.29, 1.82) is 0 Å². The van der Waals surface area contributed by atoms with Crippen LogP contribution in [-0.2, 0) is 19.0 Å². The van der Waals surface area contributed by atoms with Crippen molar-refractivity contribution in [3.05, 3.63) is 119 Å². The Morgan fingerprint density at radius 1 is 0.660 bits per heavy atom. The monoisotopic (exact) mass is 676 g/mol. The molecule has 4 aromatic carbocycles. The first-order valence-corrected chi connectivity index (χ1v) is 17.2. The predicted octanol–water partition coefficient (Wildman–Crippen LogP) is 5.57. The van der Waals surface area contributed by atoms with Gasteiger partial charge in [0.1, 0.15) is 18.2 Å². The molecule has 1 N–H and O–H groups in total. The van der Waals surface area contributed by atoms with Crippen LogP contribution in [0.1, 0.15) is 73.6 Å². The van der Waals surface area contributed by atoms with Gasteiger partial charge >= 0.3 is 5.97 Å². The Kier molecular flexibility index (Phi) is 12.6. The van der Waals surface area contributed by atoms with Gasteiger partial charge in [0.15, 0.2) is 0 Å². The molecule has 0 amide bonds. The number of benzene rings is 4. The SMILES string of the molecule is CCCC(CO)N=C([O-])OCC1c2ccccc2-c2ccccc21.CCCC(N=C([O-])OCC1c2ccccc2-c2ccccc21)C(=O)OC. The maximum Gasteiger partial charge on any atom is 0.330 e. The molecule has 0 bridgehead atoms. The van der Waals surface area contributed by atoms with Gasteiger partial charge < -0.3 is 29.5 Å². The molecule has 0 heterocycles. The zero-order valence-corrected chi connectivity index (χ0v) is 28.8. The third-order valence-corrected chi connectivity index (χ3v) is 9.09. The van der Waals surface area contributed by atoms with Gasteiger partial charge in [-0.3, -0.25) is 9.98 Å². The highest BCUT2D eigenvalue weighted by Gasteiger charge is 2.28. The van der Waals surface area contributed by atoms with Gasteiger partial charge in [-0.25, -0.2) is 4.79 Å². The van der Waals surface area contributed by atoms with E-state index in [-0.39, 0.29) is 37.7 Å². The van der Waals surface area contributed by atoms with Crippen molar-refractivity contribution in [2.24, 2.45) is 9.98 Å². The minimum Gasteiger partial charge on any atom is -0.599 e. The Morgan fingerprint density at radius 2 is 1.04 bits per heavy atom. The maximum absolute atomic E-state index is 12.1. The standard InChI is InChI=1S/C21H23NO4.C20H23NO3/c1-3-8-19(20(23)25-2)22-21(24)26-13-18-16-11-6-4-9-14(16)15-10-5-7-12-17(15)18;1-2-7-14(12-22)21-20(23)24-13-19-17-10-5-3-8-15(17)16-9-4-6-11-18(16)19/h4-7,9-12,18-19H,3,8,13H2,1-2H3,(H,22,24);3-6,8-11,14,19,22H,2,7,12-13H2,1H3,(H,21,23)/p-2. The molecule has 0 fully saturated rings. The number of ether oxygens (including phenoxy) is 3.